The van der Waals surface area contributed by atoms with Crippen LogP contribution < -0.4 is 0 Å². The maximum Gasteiger partial charge on any atom is 0.0596 e. The average molecular weight is 309 g/mol. The Kier molecular flexibility index (Phi) is 5.04. The van der Waals surface area contributed by atoms with Crippen molar-refractivity contribution in [3.63, 3.8) is 0 Å². The van der Waals surface area contributed by atoms with Gasteiger partial charge in [-0.3, -0.25) is 4.68 Å². The van der Waals surface area contributed by atoms with E-state index >= 15 is 0 Å². The number of hydrogen-bond acceptors (Lipinski definition) is 3. The van der Waals surface area contributed by atoms with Gasteiger partial charge in [0.1, 0.15) is 0 Å². The van der Waals surface area contributed by atoms with Gasteiger partial charge in [0.05, 0.1) is 18.9 Å². The smallest absolute Gasteiger partial charge is 0.0596 e. The summed E-state index contributed by atoms with van der Waals surface area (Å²) in [6, 6.07) is 9.32. The van der Waals surface area contributed by atoms with Crippen LogP contribution in [-0.2, 0) is 18.4 Å². The fourth-order valence-electron chi connectivity index (χ4n) is 2.68. The monoisotopic (exact) mass is 308 g/mol. The van der Waals surface area contributed by atoms with Gasteiger partial charge in [0.2, 0.25) is 0 Å². The van der Waals surface area contributed by atoms with Gasteiger partial charge in [0.25, 0.3) is 0 Å². The Bertz CT molecular complexity index is 606. The molecule has 4 nitrogen and oxygen atoms in total. The number of aromatic nitrogens is 2. The fraction of sp³-hybridized carbons (Fsp3) is 0.438. The van der Waals surface area contributed by atoms with Gasteiger partial charge in [0.15, 0.2) is 0 Å². The van der Waals surface area contributed by atoms with Crippen molar-refractivity contribution in [2.24, 2.45) is 0 Å². The first-order valence-electron chi connectivity index (χ1n) is 7.06. The summed E-state index contributed by atoms with van der Waals surface area (Å²) in [6.07, 6.45) is 0.485. The maximum absolute atomic E-state index is 9.94. The number of benzene rings is 1. The number of rotatable bonds is 6. The summed E-state index contributed by atoms with van der Waals surface area (Å²) in [6.45, 7) is 4.34. The Hall–Kier alpha value is -1.36. The van der Waals surface area contributed by atoms with Crippen LogP contribution in [-0.4, -0.2) is 33.2 Å². The van der Waals surface area contributed by atoms with Gasteiger partial charge in [-0.15, -0.1) is 0 Å². The first kappa shape index (κ1) is 16.0. The highest BCUT2D eigenvalue weighted by Crippen LogP contribution is 2.33. The van der Waals surface area contributed by atoms with Crippen LogP contribution >= 0.6 is 11.6 Å². The average Bonchev–Trinajstić information content (AvgIpc) is 2.85. The minimum Gasteiger partial charge on any atom is -0.395 e. The zero-order valence-corrected chi connectivity index (χ0v) is 13.1. The van der Waals surface area contributed by atoms with Crippen molar-refractivity contribution in [2.45, 2.75) is 32.2 Å². The summed E-state index contributed by atoms with van der Waals surface area (Å²) in [7, 11) is 0. The molecule has 0 radical (unpaired) electrons. The van der Waals surface area contributed by atoms with Gasteiger partial charge in [0, 0.05) is 29.1 Å². The van der Waals surface area contributed by atoms with E-state index in [4.69, 9.17) is 11.6 Å². The molecule has 0 aliphatic rings. The highest BCUT2D eigenvalue weighted by atomic mass is 35.5. The number of aliphatic hydroxyl groups excluding tert-OH is 2. The Morgan fingerprint density at radius 3 is 2.48 bits per heavy atom. The molecule has 0 bridgehead atoms. The van der Waals surface area contributed by atoms with Crippen LogP contribution in [0, 0.1) is 6.92 Å². The van der Waals surface area contributed by atoms with Gasteiger partial charge >= 0.3 is 0 Å². The quantitative estimate of drug-likeness (QED) is 0.861. The summed E-state index contributed by atoms with van der Waals surface area (Å²) in [4.78, 5) is 0. The van der Waals surface area contributed by atoms with Crippen LogP contribution in [0.3, 0.4) is 0 Å². The molecule has 1 aromatic carbocycles. The molecule has 2 aromatic rings. The standard InChI is InChI=1S/C16H21ClN2O2/c1-3-19-13(8-12(2)18-19)9-16(10-20,11-21)14-6-4-5-7-15(14)17/h4-8,20-21H,3,9-11H2,1-2H3. The number of aryl methyl sites for hydroxylation is 2. The summed E-state index contributed by atoms with van der Waals surface area (Å²) < 4.78 is 1.90. The second-order valence-corrected chi connectivity index (χ2v) is 5.75. The van der Waals surface area contributed by atoms with Gasteiger partial charge in [-0.2, -0.15) is 5.10 Å². The molecule has 0 spiro atoms. The Balaban J connectivity index is 2.45. The van der Waals surface area contributed by atoms with Crippen LogP contribution in [0.5, 0.6) is 0 Å². The van der Waals surface area contributed by atoms with E-state index in [1.807, 2.05) is 42.8 Å². The van der Waals surface area contributed by atoms with Crippen molar-refractivity contribution >= 4 is 11.6 Å². The lowest BCUT2D eigenvalue weighted by Gasteiger charge is -2.31. The molecule has 0 aliphatic heterocycles. The number of hydrogen-bond donors (Lipinski definition) is 2. The zero-order chi connectivity index (χ0) is 15.5. The summed E-state index contributed by atoms with van der Waals surface area (Å²) >= 11 is 6.27. The molecule has 1 aromatic heterocycles. The van der Waals surface area contributed by atoms with E-state index in [1.54, 1.807) is 6.07 Å². The normalized spacial score (nSPS) is 11.9. The van der Waals surface area contributed by atoms with Crippen LogP contribution in [0.1, 0.15) is 23.9 Å². The van der Waals surface area contributed by atoms with Crippen molar-refractivity contribution in [3.05, 3.63) is 52.3 Å². The lowest BCUT2D eigenvalue weighted by atomic mass is 9.78. The minimum absolute atomic E-state index is 0.179. The van der Waals surface area contributed by atoms with Gasteiger partial charge in [-0.1, -0.05) is 29.8 Å². The topological polar surface area (TPSA) is 58.3 Å². The molecule has 0 atom stereocenters. The maximum atomic E-state index is 9.94. The third-order valence-electron chi connectivity index (χ3n) is 3.86. The molecule has 21 heavy (non-hydrogen) atoms. The van der Waals surface area contributed by atoms with Crippen LogP contribution in [0.15, 0.2) is 30.3 Å². The molecule has 0 saturated carbocycles. The SMILES string of the molecule is CCn1nc(C)cc1CC(CO)(CO)c1ccccc1Cl. The number of nitrogens with zero attached hydrogens (tertiary/aromatic N) is 2. The second kappa shape index (κ2) is 6.60. The number of aliphatic hydroxyl groups is 2. The van der Waals surface area contributed by atoms with E-state index in [0.717, 1.165) is 23.5 Å². The zero-order valence-electron chi connectivity index (χ0n) is 12.4. The highest BCUT2D eigenvalue weighted by molar-refractivity contribution is 6.31. The molecule has 0 aliphatic carbocycles. The second-order valence-electron chi connectivity index (χ2n) is 5.35. The molecule has 5 heteroatoms. The van der Waals surface area contributed by atoms with E-state index in [2.05, 4.69) is 5.10 Å². The Morgan fingerprint density at radius 1 is 1.24 bits per heavy atom. The molecular weight excluding hydrogens is 288 g/mol. The molecule has 1 heterocycles. The van der Waals surface area contributed by atoms with Crippen LogP contribution in [0.25, 0.3) is 0 Å². The van der Waals surface area contributed by atoms with E-state index in [1.165, 1.54) is 0 Å². The highest BCUT2D eigenvalue weighted by Gasteiger charge is 2.34. The molecule has 0 saturated heterocycles. The lowest BCUT2D eigenvalue weighted by Crippen LogP contribution is -2.38. The molecule has 114 valence electrons. The van der Waals surface area contributed by atoms with Gasteiger partial charge in [-0.25, -0.2) is 0 Å². The predicted molar refractivity (Wildman–Crippen MR) is 83.6 cm³/mol. The van der Waals surface area contributed by atoms with Crippen molar-refractivity contribution in [1.29, 1.82) is 0 Å². The van der Waals surface area contributed by atoms with Gasteiger partial charge < -0.3 is 10.2 Å². The molecule has 0 fully saturated rings. The van der Waals surface area contributed by atoms with E-state index in [9.17, 15) is 10.2 Å². The summed E-state index contributed by atoms with van der Waals surface area (Å²) in [5.74, 6) is 0. The first-order valence-corrected chi connectivity index (χ1v) is 7.44. The van der Waals surface area contributed by atoms with Crippen molar-refractivity contribution in [3.8, 4) is 0 Å². The predicted octanol–water partition coefficient (Wildman–Crippen LogP) is 2.33. The van der Waals surface area contributed by atoms with Crippen LogP contribution in [0.4, 0.5) is 0 Å². The summed E-state index contributed by atoms with van der Waals surface area (Å²) in [5, 5.41) is 24.8. The minimum atomic E-state index is -0.808. The molecule has 0 unspecified atom stereocenters. The molecule has 2 N–H and O–H groups in total. The Labute approximate surface area is 130 Å². The fourth-order valence-corrected chi connectivity index (χ4v) is 3.02. The lowest BCUT2D eigenvalue weighted by molar-refractivity contribution is 0.114. The van der Waals surface area contributed by atoms with E-state index < -0.39 is 5.41 Å². The summed E-state index contributed by atoms with van der Waals surface area (Å²) in [5.41, 5.74) is 1.87. The van der Waals surface area contributed by atoms with Crippen molar-refractivity contribution in [1.82, 2.24) is 9.78 Å². The van der Waals surface area contributed by atoms with Crippen LogP contribution in [0.2, 0.25) is 5.02 Å². The first-order chi connectivity index (χ1) is 10.1. The molecule has 0 amide bonds. The Morgan fingerprint density at radius 2 is 1.90 bits per heavy atom. The number of halogens is 1. The molecule has 2 rings (SSSR count). The third kappa shape index (κ3) is 3.12. The van der Waals surface area contributed by atoms with E-state index in [-0.39, 0.29) is 13.2 Å². The van der Waals surface area contributed by atoms with Crippen molar-refractivity contribution < 1.29 is 10.2 Å². The van der Waals surface area contributed by atoms with Crippen molar-refractivity contribution in [2.75, 3.05) is 13.2 Å². The third-order valence-corrected chi connectivity index (χ3v) is 4.18. The molecular formula is C16H21ClN2O2. The van der Waals surface area contributed by atoms with E-state index in [0.29, 0.717) is 11.4 Å². The largest absolute Gasteiger partial charge is 0.395 e. The van der Waals surface area contributed by atoms with Gasteiger partial charge in [-0.05, 0) is 31.5 Å².